The average Bonchev–Trinajstić information content (AvgIpc) is 3.12. The molecule has 2 aliphatic carbocycles. The highest BCUT2D eigenvalue weighted by Crippen LogP contribution is 2.47. The van der Waals surface area contributed by atoms with Crippen molar-refractivity contribution in [3.8, 4) is 5.75 Å². The van der Waals surface area contributed by atoms with Gasteiger partial charge in [-0.3, -0.25) is 14.3 Å². The zero-order valence-corrected chi connectivity index (χ0v) is 27.9. The highest BCUT2D eigenvalue weighted by atomic mass is 35.5. The van der Waals surface area contributed by atoms with Crippen LogP contribution in [0.15, 0.2) is 57.8 Å². The molecule has 0 aromatic heterocycles. The zero-order valence-electron chi connectivity index (χ0n) is 26.3. The Balaban J connectivity index is 1.51. The number of carbonyl (C=O) groups excluding carboxylic acids is 2. The molecule has 0 unspecified atom stereocenters. The maximum absolute atomic E-state index is 14.5. The molecule has 2 bridgehead atoms. The van der Waals surface area contributed by atoms with Crippen LogP contribution in [-0.2, 0) is 40.8 Å². The largest absolute Gasteiger partial charge is 0.490 e. The average molecular weight is 656 g/mol. The molecule has 4 aliphatic rings. The highest BCUT2D eigenvalue weighted by molar-refractivity contribution is 7.92. The molecular weight excluding hydrogens is 614 g/mol. The van der Waals surface area contributed by atoms with Crippen LogP contribution in [0.25, 0.3) is 0 Å². The van der Waals surface area contributed by atoms with Crippen LogP contribution in [0.4, 0.5) is 5.69 Å². The number of amides is 2. The van der Waals surface area contributed by atoms with Gasteiger partial charge in [-0.25, -0.2) is 4.21 Å². The Morgan fingerprint density at radius 3 is 2.76 bits per heavy atom. The number of fused-ring (bicyclic) bond motifs is 4. The normalized spacial score (nSPS) is 31.0. The van der Waals surface area contributed by atoms with E-state index in [9.17, 15) is 13.8 Å². The fourth-order valence-corrected chi connectivity index (χ4v) is 9.09. The molecule has 1 spiro atoms. The molecule has 2 aromatic rings. The molecule has 2 aliphatic heterocycles. The summed E-state index contributed by atoms with van der Waals surface area (Å²) < 4.78 is 39.5. The van der Waals surface area contributed by atoms with Crippen molar-refractivity contribution in [2.75, 3.05) is 38.3 Å². The number of carbonyl (C=O) groups is 2. The van der Waals surface area contributed by atoms with Crippen molar-refractivity contribution in [1.82, 2.24) is 4.72 Å². The zero-order chi connectivity index (χ0) is 32.0. The second-order valence-electron chi connectivity index (χ2n) is 13.3. The van der Waals surface area contributed by atoms with Crippen molar-refractivity contribution in [2.24, 2.45) is 16.2 Å². The fourth-order valence-electron chi connectivity index (χ4n) is 7.26. The topological polar surface area (TPSA) is 107 Å². The molecule has 45 heavy (non-hydrogen) atoms. The number of hydrogen-bond acceptors (Lipinski definition) is 7. The lowest BCUT2D eigenvalue weighted by atomic mass is 9.68. The third-order valence-electron chi connectivity index (χ3n) is 9.83. The molecule has 6 rings (SSSR count). The van der Waals surface area contributed by atoms with Crippen LogP contribution in [0, 0.1) is 11.8 Å². The van der Waals surface area contributed by atoms with E-state index in [1.807, 2.05) is 18.2 Å². The summed E-state index contributed by atoms with van der Waals surface area (Å²) in [6.07, 6.45) is 8.83. The smallest absolute Gasteiger partial charge is 0.287 e. The molecule has 0 saturated heterocycles. The molecular formula is C34H42ClN3O6S. The number of anilines is 1. The van der Waals surface area contributed by atoms with Gasteiger partial charge in [0.15, 0.2) is 9.92 Å². The second kappa shape index (κ2) is 12.4. The molecule has 11 heteroatoms. The van der Waals surface area contributed by atoms with Gasteiger partial charge in [-0.2, -0.15) is 0 Å². The van der Waals surface area contributed by atoms with Gasteiger partial charge in [0, 0.05) is 37.6 Å². The Hall–Kier alpha value is -2.92. The van der Waals surface area contributed by atoms with E-state index < -0.39 is 27.3 Å². The molecule has 2 aromatic carbocycles. The number of nitrogens with one attached hydrogen (secondary N) is 1. The molecule has 1 fully saturated rings. The van der Waals surface area contributed by atoms with Gasteiger partial charge in [0.05, 0.1) is 29.9 Å². The second-order valence-corrected chi connectivity index (χ2v) is 15.6. The summed E-state index contributed by atoms with van der Waals surface area (Å²) in [5, 5.41) is 0.730. The molecule has 242 valence electrons. The van der Waals surface area contributed by atoms with Crippen LogP contribution in [0.2, 0.25) is 5.02 Å². The van der Waals surface area contributed by atoms with E-state index in [0.29, 0.717) is 30.7 Å². The van der Waals surface area contributed by atoms with E-state index in [0.717, 1.165) is 49.4 Å². The van der Waals surface area contributed by atoms with E-state index in [2.05, 4.69) is 26.1 Å². The number of aryl methyl sites for hydroxylation is 1. The van der Waals surface area contributed by atoms with Crippen LogP contribution >= 0.6 is 11.6 Å². The van der Waals surface area contributed by atoms with Gasteiger partial charge in [-0.1, -0.05) is 29.8 Å². The van der Waals surface area contributed by atoms with Gasteiger partial charge in [-0.15, -0.1) is 4.36 Å². The van der Waals surface area contributed by atoms with E-state index in [4.69, 9.17) is 25.8 Å². The van der Waals surface area contributed by atoms with Gasteiger partial charge in [0.25, 0.3) is 5.91 Å². The van der Waals surface area contributed by atoms with Gasteiger partial charge >= 0.3 is 0 Å². The third kappa shape index (κ3) is 6.26. The van der Waals surface area contributed by atoms with Crippen molar-refractivity contribution < 1.29 is 28.0 Å². The number of methoxy groups -OCH3 is 1. The van der Waals surface area contributed by atoms with Gasteiger partial charge in [0.1, 0.15) is 11.4 Å². The summed E-state index contributed by atoms with van der Waals surface area (Å²) in [6.45, 7) is 6.49. The number of halogens is 1. The Morgan fingerprint density at radius 1 is 1.20 bits per heavy atom. The molecule has 5 atom stereocenters. The maximum Gasteiger partial charge on any atom is 0.287 e. The van der Waals surface area contributed by atoms with Crippen LogP contribution in [-0.4, -0.2) is 61.1 Å². The van der Waals surface area contributed by atoms with E-state index in [-0.39, 0.29) is 23.0 Å². The first kappa shape index (κ1) is 32.0. The SMILES string of the molecule is CO[C@@H]1C=CCOC(C)(C)C(=O)N=[S@@](=O)(NC(C)=O)c2ccc3c(c2)N(C[C@@H]2CC[C@H]21)C[C@@]1(CCCc2cc(Cl)ccc21)CO3. The lowest BCUT2D eigenvalue weighted by Crippen LogP contribution is -2.49. The number of nitrogens with zero attached hydrogens (tertiary/aromatic N) is 2. The van der Waals surface area contributed by atoms with Crippen molar-refractivity contribution in [1.29, 1.82) is 0 Å². The van der Waals surface area contributed by atoms with Gasteiger partial charge in [-0.05, 0) is 99.2 Å². The first-order valence-electron chi connectivity index (χ1n) is 15.7. The van der Waals surface area contributed by atoms with E-state index in [1.54, 1.807) is 39.2 Å². The molecule has 2 amide bonds. The summed E-state index contributed by atoms with van der Waals surface area (Å²) in [5.74, 6) is 0.0161. The fraction of sp³-hybridized carbons (Fsp3) is 0.529. The summed E-state index contributed by atoms with van der Waals surface area (Å²) in [6, 6.07) is 11.4. The van der Waals surface area contributed by atoms with E-state index in [1.165, 1.54) is 18.1 Å². The third-order valence-corrected chi connectivity index (χ3v) is 11.9. The number of rotatable bonds is 2. The predicted octanol–water partition coefficient (Wildman–Crippen LogP) is 5.62. The lowest BCUT2D eigenvalue weighted by molar-refractivity contribution is -0.137. The van der Waals surface area contributed by atoms with Crippen molar-refractivity contribution in [2.45, 2.75) is 74.9 Å². The predicted molar refractivity (Wildman–Crippen MR) is 174 cm³/mol. The van der Waals surface area contributed by atoms with Crippen LogP contribution in [0.3, 0.4) is 0 Å². The van der Waals surface area contributed by atoms with Crippen molar-refractivity contribution in [3.05, 3.63) is 64.7 Å². The van der Waals surface area contributed by atoms with Gasteiger partial charge < -0.3 is 19.1 Å². The summed E-state index contributed by atoms with van der Waals surface area (Å²) in [7, 11) is -1.97. The standard InChI is InChI=1S/C34H42ClN3O6S/c1-22(39)36-45(41)26-11-14-31-29(18-26)38(20-34(21-43-31)15-5-7-23-17-25(35)10-13-28(23)34)19-24-9-12-27(24)30(42-4)8-6-16-44-33(2,3)32(40)37-45/h6,8,10-11,13-14,17-18,24,27,30H,5,7,9,12,15-16,19-21H2,1-4H3,(H,36,37,39,40,41)/t24-,27+,30+,34-,45-/m0/s1. The lowest BCUT2D eigenvalue weighted by Gasteiger charge is -2.46. The van der Waals surface area contributed by atoms with Crippen molar-refractivity contribution in [3.63, 3.8) is 0 Å². The Kier molecular flexibility index (Phi) is 8.80. The number of benzene rings is 2. The van der Waals surface area contributed by atoms with Crippen LogP contribution < -0.4 is 14.4 Å². The molecule has 1 saturated carbocycles. The summed E-state index contributed by atoms with van der Waals surface area (Å²) in [4.78, 5) is 28.3. The van der Waals surface area contributed by atoms with E-state index >= 15 is 0 Å². The number of hydrogen-bond donors (Lipinski definition) is 1. The minimum atomic E-state index is -3.70. The maximum atomic E-state index is 14.5. The summed E-state index contributed by atoms with van der Waals surface area (Å²) in [5.41, 5.74) is 1.61. The molecule has 9 nitrogen and oxygen atoms in total. The quantitative estimate of drug-likeness (QED) is 0.419. The Bertz CT molecular complexity index is 1650. The Morgan fingerprint density at radius 2 is 2.02 bits per heavy atom. The Labute approximate surface area is 270 Å². The first-order valence-corrected chi connectivity index (χ1v) is 17.6. The number of ether oxygens (including phenoxy) is 3. The first-order chi connectivity index (χ1) is 21.4. The van der Waals surface area contributed by atoms with Crippen molar-refractivity contribution >= 4 is 39.0 Å². The minimum absolute atomic E-state index is 0.0946. The molecule has 0 radical (unpaired) electrons. The van der Waals surface area contributed by atoms with Crippen LogP contribution in [0.5, 0.6) is 5.75 Å². The summed E-state index contributed by atoms with van der Waals surface area (Å²) >= 11 is 6.43. The minimum Gasteiger partial charge on any atom is -0.490 e. The molecule has 1 N–H and O–H groups in total. The monoisotopic (exact) mass is 655 g/mol. The van der Waals surface area contributed by atoms with Crippen LogP contribution in [0.1, 0.15) is 57.6 Å². The van der Waals surface area contributed by atoms with Gasteiger partial charge in [0.2, 0.25) is 5.91 Å². The molecule has 2 heterocycles. The highest BCUT2D eigenvalue weighted by Gasteiger charge is 2.44.